The fraction of sp³-hybridized carbons (Fsp3) is 1.00. The second kappa shape index (κ2) is 8.34. The van der Waals surface area contributed by atoms with Crippen molar-refractivity contribution in [2.75, 3.05) is 14.2 Å². The number of aliphatic hydroxyl groups is 1. The maximum Gasteiger partial charge on any atom is 0.383 e. The first-order chi connectivity index (χ1) is 5.98. The van der Waals surface area contributed by atoms with Crippen LogP contribution in [0.1, 0.15) is 0 Å². The Labute approximate surface area is 92.7 Å². The number of aliphatic hydroxyl groups excluding tert-OH is 1. The maximum absolute atomic E-state index is 11.5. The van der Waals surface area contributed by atoms with Crippen LogP contribution < -0.4 is 0 Å². The van der Waals surface area contributed by atoms with E-state index in [4.69, 9.17) is 15.2 Å². The Balaban J connectivity index is -0.000000170. The molecule has 0 unspecified atom stereocenters. The third-order valence-corrected chi connectivity index (χ3v) is 1.25. The molecule has 0 bridgehead atoms. The van der Waals surface area contributed by atoms with E-state index in [1.165, 1.54) is 0 Å². The van der Waals surface area contributed by atoms with E-state index >= 15 is 0 Å². The van der Waals surface area contributed by atoms with Crippen LogP contribution in [0.2, 0.25) is 0 Å². The lowest BCUT2D eigenvalue weighted by Crippen LogP contribution is -2.27. The van der Waals surface area contributed by atoms with E-state index in [0.717, 1.165) is 14.2 Å². The lowest BCUT2D eigenvalue weighted by molar-refractivity contribution is -0.445. The van der Waals surface area contributed by atoms with E-state index in [-0.39, 0.29) is 0 Å². The van der Waals surface area contributed by atoms with Crippen molar-refractivity contribution < 1.29 is 23.2 Å². The molecule has 0 radical (unpaired) electrons. The Bertz CT molecular complexity index is 142. The average molecular weight is 280 g/mol. The molecule has 0 aliphatic carbocycles. The van der Waals surface area contributed by atoms with Crippen LogP contribution in [0, 0.1) is 10.1 Å². The topological polar surface area (TPSA) is 63.4 Å². The van der Waals surface area contributed by atoms with E-state index < -0.39 is 14.9 Å². The number of nitrogens with zero attached hydrogens (tertiary/aromatic N) is 1. The monoisotopic (exact) mass is 279 g/mol. The number of alkyl halides is 6. The number of rotatable bonds is 1. The summed E-state index contributed by atoms with van der Waals surface area (Å²) in [6, 6.07) is 0. The number of hydrogen-bond acceptors (Lipinski definition) is 3. The normalized spacial score (nSPS) is 10.4. The molecule has 0 atom stereocenters. The summed E-state index contributed by atoms with van der Waals surface area (Å²) in [5.41, 5.74) is 0. The summed E-state index contributed by atoms with van der Waals surface area (Å²) in [5, 5.41) is 11.6. The molecule has 0 heterocycles. The van der Waals surface area contributed by atoms with Crippen LogP contribution in [-0.2, 0) is 0 Å². The van der Waals surface area contributed by atoms with Crippen molar-refractivity contribution in [1.82, 2.24) is 0 Å². The highest BCUT2D eigenvalue weighted by Crippen LogP contribution is 2.42. The Morgan fingerprint density at radius 2 is 1.29 bits per heavy atom. The zero-order valence-electron chi connectivity index (χ0n) is 6.98. The van der Waals surface area contributed by atoms with Gasteiger partial charge in [0, 0.05) is 12.0 Å². The molecule has 10 heteroatoms. The van der Waals surface area contributed by atoms with Crippen LogP contribution in [-0.4, -0.2) is 34.2 Å². The highest BCUT2D eigenvalue weighted by atomic mass is 35.5. The van der Waals surface area contributed by atoms with Crippen LogP contribution in [0.15, 0.2) is 0 Å². The lowest BCUT2D eigenvalue weighted by Gasteiger charge is -2.13. The Hall–Kier alpha value is 0.0200. The molecule has 0 rings (SSSR count). The first-order valence-corrected chi connectivity index (χ1v) is 3.78. The molecule has 88 valence electrons. The Morgan fingerprint density at radius 1 is 1.21 bits per heavy atom. The molecule has 0 saturated carbocycles. The first-order valence-electron chi connectivity index (χ1n) is 2.64. The van der Waals surface area contributed by atoms with Gasteiger partial charge in [0.1, 0.15) is 0 Å². The number of halogens is 6. The second-order valence-electron chi connectivity index (χ2n) is 1.44. The summed E-state index contributed by atoms with van der Waals surface area (Å²) in [4.78, 5) is 8.31. The molecule has 0 aliphatic rings. The fourth-order valence-corrected chi connectivity index (χ4v) is 0. The first kappa shape index (κ1) is 19.6. The largest absolute Gasteiger partial charge is 0.400 e. The summed E-state index contributed by atoms with van der Waals surface area (Å²) in [7, 11) is 1.89. The van der Waals surface area contributed by atoms with Crippen LogP contribution in [0.5, 0.6) is 0 Å². The molecular weight excluding hydrogens is 273 g/mol. The van der Waals surface area contributed by atoms with Gasteiger partial charge in [0.25, 0.3) is 0 Å². The van der Waals surface area contributed by atoms with Gasteiger partial charge in [-0.1, -0.05) is 23.2 Å². The third-order valence-electron chi connectivity index (χ3n) is 0.321. The molecule has 0 fully saturated rings. The van der Waals surface area contributed by atoms with Crippen molar-refractivity contribution in [3.8, 4) is 0 Å². The highest BCUT2D eigenvalue weighted by molar-refractivity contribution is 6.51. The van der Waals surface area contributed by atoms with Gasteiger partial charge in [-0.2, -0.15) is 13.2 Å². The van der Waals surface area contributed by atoms with Crippen molar-refractivity contribution in [1.29, 1.82) is 0 Å². The SMILES string of the molecule is CO.C[N+](=O)[O-].FC(F)(Cl)C(F)(Cl)Cl. The fourth-order valence-electron chi connectivity index (χ4n) is 0. The summed E-state index contributed by atoms with van der Waals surface area (Å²) in [5.74, 6) is 0. The zero-order valence-corrected chi connectivity index (χ0v) is 9.25. The minimum atomic E-state index is -4.23. The summed E-state index contributed by atoms with van der Waals surface area (Å²) < 4.78 is 30.6. The molecule has 0 aromatic carbocycles. The van der Waals surface area contributed by atoms with Crippen LogP contribution in [0.4, 0.5) is 13.2 Å². The summed E-state index contributed by atoms with van der Waals surface area (Å²) in [6.07, 6.45) is 0. The minimum Gasteiger partial charge on any atom is -0.400 e. The van der Waals surface area contributed by atoms with Crippen LogP contribution >= 0.6 is 34.8 Å². The molecule has 0 saturated heterocycles. The Kier molecular flexibility index (Phi) is 11.7. The van der Waals surface area contributed by atoms with Crippen molar-refractivity contribution in [2.45, 2.75) is 9.97 Å². The van der Waals surface area contributed by atoms with Crippen molar-refractivity contribution in [3.63, 3.8) is 0 Å². The van der Waals surface area contributed by atoms with Crippen molar-refractivity contribution >= 4 is 34.8 Å². The highest BCUT2D eigenvalue weighted by Gasteiger charge is 2.51. The van der Waals surface area contributed by atoms with Gasteiger partial charge in [0.15, 0.2) is 7.05 Å². The van der Waals surface area contributed by atoms with Crippen LogP contribution in [0.25, 0.3) is 0 Å². The van der Waals surface area contributed by atoms with E-state index in [9.17, 15) is 13.2 Å². The van der Waals surface area contributed by atoms with E-state index in [1.54, 1.807) is 0 Å². The minimum absolute atomic E-state index is 0.500. The second-order valence-corrected chi connectivity index (χ2v) is 3.15. The number of hydrogen-bond donors (Lipinski definition) is 1. The van der Waals surface area contributed by atoms with Crippen molar-refractivity contribution in [2.24, 2.45) is 0 Å². The molecule has 4 nitrogen and oxygen atoms in total. The molecular formula is C4H7Cl3F3NO3. The van der Waals surface area contributed by atoms with Gasteiger partial charge in [-0.05, 0) is 11.6 Å². The van der Waals surface area contributed by atoms with Gasteiger partial charge in [0.05, 0.1) is 0 Å². The molecule has 0 amide bonds. The van der Waals surface area contributed by atoms with Gasteiger partial charge in [0.2, 0.25) is 0 Å². The predicted molar refractivity (Wildman–Crippen MR) is 47.4 cm³/mol. The molecule has 14 heavy (non-hydrogen) atoms. The zero-order chi connectivity index (χ0) is 12.6. The summed E-state index contributed by atoms with van der Waals surface area (Å²) in [6.45, 7) is 0. The van der Waals surface area contributed by atoms with Crippen LogP contribution in [0.3, 0.4) is 0 Å². The molecule has 0 aromatic rings. The quantitative estimate of drug-likeness (QED) is 0.456. The van der Waals surface area contributed by atoms with Gasteiger partial charge in [-0.15, -0.1) is 0 Å². The van der Waals surface area contributed by atoms with E-state index in [0.29, 0.717) is 0 Å². The summed E-state index contributed by atoms with van der Waals surface area (Å²) >= 11 is 12.5. The number of nitro groups is 1. The van der Waals surface area contributed by atoms with E-state index in [1.807, 2.05) is 0 Å². The van der Waals surface area contributed by atoms with Gasteiger partial charge >= 0.3 is 9.97 Å². The maximum atomic E-state index is 11.5. The molecule has 1 N–H and O–H groups in total. The lowest BCUT2D eigenvalue weighted by atomic mass is 10.8. The predicted octanol–water partition coefficient (Wildman–Crippen LogP) is 2.42. The Morgan fingerprint density at radius 3 is 1.29 bits per heavy atom. The standard InChI is InChI=1S/C2Cl3F3.CH3NO2.CH4O/c3-1(4,6)2(5,7)8;1-2(3)4;1-2/h;1H3;2H,1H3. The van der Waals surface area contributed by atoms with Gasteiger partial charge < -0.3 is 5.11 Å². The molecule has 0 aliphatic heterocycles. The molecule has 0 spiro atoms. The van der Waals surface area contributed by atoms with E-state index in [2.05, 4.69) is 34.8 Å². The van der Waals surface area contributed by atoms with Gasteiger partial charge in [-0.3, -0.25) is 10.1 Å². The van der Waals surface area contributed by atoms with Gasteiger partial charge in [-0.25, -0.2) is 0 Å². The smallest absolute Gasteiger partial charge is 0.383 e. The average Bonchev–Trinajstić information content (AvgIpc) is 1.85. The molecule has 0 aromatic heterocycles. The third kappa shape index (κ3) is 17.9. The van der Waals surface area contributed by atoms with Crippen molar-refractivity contribution in [3.05, 3.63) is 10.1 Å².